The number of hydrogen-bond donors (Lipinski definition) is 4. The van der Waals surface area contributed by atoms with E-state index in [2.05, 4.69) is 0 Å². The first kappa shape index (κ1) is 25.8. The fourth-order valence-electron chi connectivity index (χ4n) is 2.67. The Balaban J connectivity index is 5.04. The van der Waals surface area contributed by atoms with Gasteiger partial charge in [-0.05, 0) is 12.8 Å². The molecular formula is C17H31N3O8. The van der Waals surface area contributed by atoms with E-state index in [9.17, 15) is 19.2 Å². The van der Waals surface area contributed by atoms with E-state index in [-0.39, 0.29) is 25.0 Å². The molecule has 0 rings (SSSR count). The van der Waals surface area contributed by atoms with Gasteiger partial charge >= 0.3 is 23.9 Å². The lowest BCUT2D eigenvalue weighted by Crippen LogP contribution is -2.48. The zero-order chi connectivity index (χ0) is 21.9. The monoisotopic (exact) mass is 405 g/mol. The molecule has 0 aromatic heterocycles. The van der Waals surface area contributed by atoms with Crippen LogP contribution in [0.3, 0.4) is 0 Å². The zero-order valence-corrected chi connectivity index (χ0v) is 16.6. The number of carboxylic acid groups (broad SMARTS) is 4. The van der Waals surface area contributed by atoms with Crippen LogP contribution in [0.1, 0.15) is 20.8 Å². The molecule has 0 radical (unpaired) electrons. The van der Waals surface area contributed by atoms with Gasteiger partial charge in [-0.2, -0.15) is 0 Å². The summed E-state index contributed by atoms with van der Waals surface area (Å²) in [7, 11) is 0. The van der Waals surface area contributed by atoms with Gasteiger partial charge in [-0.3, -0.25) is 33.9 Å². The van der Waals surface area contributed by atoms with Crippen LogP contribution >= 0.6 is 0 Å². The largest absolute Gasteiger partial charge is 0.480 e. The fourth-order valence-corrected chi connectivity index (χ4v) is 2.67. The lowest BCUT2D eigenvalue weighted by Gasteiger charge is -2.34. The molecule has 0 aliphatic heterocycles. The molecule has 0 aromatic carbocycles. The van der Waals surface area contributed by atoms with E-state index in [1.165, 1.54) is 9.80 Å². The second kappa shape index (κ2) is 13.0. The van der Waals surface area contributed by atoms with Crippen molar-refractivity contribution in [1.82, 2.24) is 14.7 Å². The zero-order valence-electron chi connectivity index (χ0n) is 16.6. The van der Waals surface area contributed by atoms with Crippen LogP contribution in [-0.4, -0.2) is 117 Å². The molecule has 28 heavy (non-hydrogen) atoms. The van der Waals surface area contributed by atoms with Crippen LogP contribution in [0.15, 0.2) is 0 Å². The molecule has 0 aliphatic rings. The molecule has 0 aliphatic carbocycles. The molecule has 0 aromatic rings. The Bertz CT molecular complexity index is 468. The first-order valence-corrected chi connectivity index (χ1v) is 8.98. The molecule has 11 nitrogen and oxygen atoms in total. The van der Waals surface area contributed by atoms with Crippen molar-refractivity contribution in [2.24, 2.45) is 5.92 Å². The van der Waals surface area contributed by atoms with E-state index in [1.807, 2.05) is 25.7 Å². The van der Waals surface area contributed by atoms with Gasteiger partial charge in [0.15, 0.2) is 0 Å². The first-order chi connectivity index (χ1) is 12.9. The van der Waals surface area contributed by atoms with E-state index in [0.717, 1.165) is 0 Å². The summed E-state index contributed by atoms with van der Waals surface area (Å²) in [5.41, 5.74) is 0. The summed E-state index contributed by atoms with van der Waals surface area (Å²) >= 11 is 0. The highest BCUT2D eigenvalue weighted by Crippen LogP contribution is 2.10. The fraction of sp³-hybridized carbons (Fsp3) is 0.765. The van der Waals surface area contributed by atoms with Crippen LogP contribution in [0.2, 0.25) is 0 Å². The summed E-state index contributed by atoms with van der Waals surface area (Å²) in [6.45, 7) is 5.48. The molecule has 0 spiro atoms. The predicted octanol–water partition coefficient (Wildman–Crippen LogP) is -0.725. The van der Waals surface area contributed by atoms with Crippen molar-refractivity contribution >= 4 is 23.9 Å². The van der Waals surface area contributed by atoms with E-state index in [4.69, 9.17) is 20.4 Å². The van der Waals surface area contributed by atoms with Crippen molar-refractivity contribution in [3.05, 3.63) is 0 Å². The predicted molar refractivity (Wildman–Crippen MR) is 99.3 cm³/mol. The minimum Gasteiger partial charge on any atom is -0.480 e. The quantitative estimate of drug-likeness (QED) is 0.256. The molecule has 0 bridgehead atoms. The summed E-state index contributed by atoms with van der Waals surface area (Å²) in [4.78, 5) is 48.3. The maximum atomic E-state index is 10.9. The third kappa shape index (κ3) is 12.2. The Morgan fingerprint density at radius 3 is 1.11 bits per heavy atom. The van der Waals surface area contributed by atoms with Crippen molar-refractivity contribution < 1.29 is 39.6 Å². The molecule has 11 heteroatoms. The van der Waals surface area contributed by atoms with Crippen LogP contribution in [0.25, 0.3) is 0 Å². The third-order valence-corrected chi connectivity index (χ3v) is 4.38. The van der Waals surface area contributed by atoms with Crippen LogP contribution in [0, 0.1) is 5.92 Å². The highest BCUT2D eigenvalue weighted by Gasteiger charge is 2.22. The Labute approximate surface area is 164 Å². The van der Waals surface area contributed by atoms with Gasteiger partial charge in [0, 0.05) is 32.2 Å². The molecule has 0 saturated carbocycles. The van der Waals surface area contributed by atoms with E-state index < -0.39 is 50.1 Å². The third-order valence-electron chi connectivity index (χ3n) is 4.38. The van der Waals surface area contributed by atoms with E-state index in [1.54, 1.807) is 0 Å². The van der Waals surface area contributed by atoms with Gasteiger partial charge in [0.25, 0.3) is 0 Å². The molecule has 0 fully saturated rings. The molecule has 0 heterocycles. The van der Waals surface area contributed by atoms with Crippen molar-refractivity contribution in [3.63, 3.8) is 0 Å². The molecular weight excluding hydrogens is 374 g/mol. The second-order valence-corrected chi connectivity index (χ2v) is 7.02. The number of nitrogens with zero attached hydrogens (tertiary/aromatic N) is 3. The van der Waals surface area contributed by atoms with Crippen molar-refractivity contribution in [3.8, 4) is 0 Å². The van der Waals surface area contributed by atoms with Gasteiger partial charge in [0.05, 0.1) is 26.2 Å². The molecule has 0 unspecified atom stereocenters. The molecule has 0 amide bonds. The van der Waals surface area contributed by atoms with Gasteiger partial charge in [0.2, 0.25) is 0 Å². The van der Waals surface area contributed by atoms with Crippen LogP contribution < -0.4 is 0 Å². The Hall–Kier alpha value is -2.24. The van der Waals surface area contributed by atoms with Crippen molar-refractivity contribution in [2.45, 2.75) is 26.8 Å². The molecule has 0 saturated heterocycles. The second-order valence-electron chi connectivity index (χ2n) is 7.02. The number of aliphatic carboxylic acids is 4. The lowest BCUT2D eigenvalue weighted by atomic mass is 10.0. The van der Waals surface area contributed by atoms with Gasteiger partial charge in [-0.15, -0.1) is 0 Å². The maximum Gasteiger partial charge on any atom is 0.317 e. The van der Waals surface area contributed by atoms with Crippen molar-refractivity contribution in [1.29, 1.82) is 0 Å². The number of rotatable bonds is 16. The smallest absolute Gasteiger partial charge is 0.317 e. The average Bonchev–Trinajstić information content (AvgIpc) is 2.51. The van der Waals surface area contributed by atoms with E-state index in [0.29, 0.717) is 13.1 Å². The Morgan fingerprint density at radius 2 is 0.893 bits per heavy atom. The first-order valence-electron chi connectivity index (χ1n) is 8.98. The van der Waals surface area contributed by atoms with Crippen molar-refractivity contribution in [2.75, 3.05) is 52.4 Å². The summed E-state index contributed by atoms with van der Waals surface area (Å²) in [6.07, 6.45) is 0. The van der Waals surface area contributed by atoms with Crippen LogP contribution in [0.4, 0.5) is 0 Å². The average molecular weight is 405 g/mol. The molecule has 162 valence electrons. The molecule has 1 atom stereocenters. The highest BCUT2D eigenvalue weighted by atomic mass is 16.4. The Morgan fingerprint density at radius 1 is 0.607 bits per heavy atom. The van der Waals surface area contributed by atoms with Gasteiger partial charge < -0.3 is 20.4 Å². The number of carbonyl (C=O) groups is 4. The highest BCUT2D eigenvalue weighted by molar-refractivity contribution is 5.73. The summed E-state index contributed by atoms with van der Waals surface area (Å²) in [6, 6.07) is 0.0491. The SMILES string of the molecule is CC(C)[C@H](C)N(CCN(CC(=O)O)CC(=O)O)CCN(CC(=O)O)CC(=O)O. The summed E-state index contributed by atoms with van der Waals surface area (Å²) < 4.78 is 0. The minimum atomic E-state index is -1.13. The molecule has 4 N–H and O–H groups in total. The van der Waals surface area contributed by atoms with Gasteiger partial charge in [-0.1, -0.05) is 13.8 Å². The number of hydrogen-bond acceptors (Lipinski definition) is 7. The summed E-state index contributed by atoms with van der Waals surface area (Å²) in [5, 5.41) is 35.7. The minimum absolute atomic E-state index is 0.0491. The van der Waals surface area contributed by atoms with Gasteiger partial charge in [0.1, 0.15) is 0 Å². The van der Waals surface area contributed by atoms with Gasteiger partial charge in [-0.25, -0.2) is 0 Å². The number of carboxylic acids is 4. The van der Waals surface area contributed by atoms with E-state index >= 15 is 0 Å². The Kier molecular flexibility index (Phi) is 12.0. The standard InChI is InChI=1S/C17H31N3O8/c1-12(2)13(3)20(6-4-18(8-14(21)22)9-15(23)24)7-5-19(10-16(25)26)11-17(27)28/h12-13H,4-11H2,1-3H3,(H,21,22)(H,23,24)(H,25,26)(H,27,28)/t13-/m0/s1. The van der Waals surface area contributed by atoms with Crippen LogP contribution in [0.5, 0.6) is 0 Å². The normalized spacial score (nSPS) is 12.7. The summed E-state index contributed by atoms with van der Waals surface area (Å²) in [5.74, 6) is -4.27. The lowest BCUT2D eigenvalue weighted by molar-refractivity contribution is -0.143. The topological polar surface area (TPSA) is 159 Å². The maximum absolute atomic E-state index is 10.9. The van der Waals surface area contributed by atoms with Crippen LogP contribution in [-0.2, 0) is 19.2 Å².